The minimum absolute atomic E-state index is 0.305. The molecule has 4 aliphatic carbocycles. The summed E-state index contributed by atoms with van der Waals surface area (Å²) in [6.07, 6.45) is 0. The van der Waals surface area contributed by atoms with Crippen LogP contribution in [0.2, 0.25) is 0 Å². The van der Waals surface area contributed by atoms with Crippen LogP contribution in [0.15, 0.2) is 272 Å². The van der Waals surface area contributed by atoms with Crippen molar-refractivity contribution < 1.29 is 50.7 Å². The molecule has 0 saturated carbocycles. The van der Waals surface area contributed by atoms with E-state index in [-0.39, 0.29) is 22.1 Å². The molecule has 0 bridgehead atoms. The Bertz CT molecular complexity index is 6440. The number of fused-ring (bicyclic) bond motifs is 21. The highest BCUT2D eigenvalue weighted by atomic mass is 15.1. The SMILES string of the molecule is [2H]c1ccc([2H])c(N(c2cc([2H])c(-c3ccc4c([2H])c([2H])c([2H])c([2H])c4c3-c3c([2H])c([2H])c4c(c3[2H])C3(c5cc([2H])c([2H])c([2H])c5-c5c([2H])c([2H])c([2H])c([2H])c53)c3cc([2H])c([2H])c([2H])c3-4)c([2H])c2[2H])c2c([2H])c([2H])c([2H])c3c2-c2c([2H])c([2H])c([2H])c([2H])c2C32c3c([2H])c([2H])c([2H])c([2H])c3-c3c([2H])c([2H])c([2H])c([2H])c32)c1. The Kier molecular flexibility index (Phi) is 3.87. The fourth-order valence-electron chi connectivity index (χ4n) is 11.4. The van der Waals surface area contributed by atoms with Crippen LogP contribution < -0.4 is 4.90 Å². The quantitative estimate of drug-likeness (QED) is 0.166. The van der Waals surface area contributed by atoms with E-state index in [1.807, 2.05) is 0 Å². The van der Waals surface area contributed by atoms with Crippen LogP contribution in [0.4, 0.5) is 17.1 Å². The number of hydrogen-bond acceptors (Lipinski definition) is 1. The van der Waals surface area contributed by atoms with Crippen molar-refractivity contribution in [1.82, 2.24) is 0 Å². The maximum absolute atomic E-state index is 10.9. The summed E-state index contributed by atoms with van der Waals surface area (Å²) in [5.41, 5.74) is -19.1. The highest BCUT2D eigenvalue weighted by Gasteiger charge is 2.53. The third kappa shape index (κ3) is 5.25. The van der Waals surface area contributed by atoms with Gasteiger partial charge in [0.25, 0.3) is 0 Å². The fourth-order valence-corrected chi connectivity index (χ4v) is 11.4. The summed E-state index contributed by atoms with van der Waals surface area (Å²) in [4.78, 5) is 0.805. The van der Waals surface area contributed by atoms with Crippen molar-refractivity contribution in [1.29, 1.82) is 0 Å². The largest absolute Gasteiger partial charge is 0.310 e. The lowest BCUT2D eigenvalue weighted by atomic mass is 9.70. The molecule has 1 nitrogen and oxygen atoms in total. The predicted octanol–water partition coefficient (Wildman–Crippen LogP) is 18.3. The average molecular weight is 961 g/mol. The van der Waals surface area contributed by atoms with Crippen LogP contribution in [0, 0.1) is 0 Å². The van der Waals surface area contributed by atoms with E-state index in [1.54, 1.807) is 0 Å². The Morgan fingerprint density at radius 2 is 0.822 bits per heavy atom. The Morgan fingerprint density at radius 1 is 0.288 bits per heavy atom. The molecule has 73 heavy (non-hydrogen) atoms. The van der Waals surface area contributed by atoms with Crippen LogP contribution in [0.5, 0.6) is 0 Å². The number of hydrogen-bond donors (Lipinski definition) is 0. The molecule has 0 fully saturated rings. The molecule has 16 rings (SSSR count). The smallest absolute Gasteiger partial charge is 0.0726 e. The van der Waals surface area contributed by atoms with E-state index < -0.39 is 351 Å². The molecule has 338 valence electrons. The molecular weight excluding hydrogens is 879 g/mol. The van der Waals surface area contributed by atoms with E-state index in [4.69, 9.17) is 17.8 Å². The van der Waals surface area contributed by atoms with Gasteiger partial charge in [-0.15, -0.1) is 0 Å². The molecule has 0 saturated heterocycles. The summed E-state index contributed by atoms with van der Waals surface area (Å²) in [7, 11) is 0. The number of benzene rings is 12. The Labute approximate surface area is 477 Å². The molecule has 1 heteroatoms. The lowest BCUT2D eigenvalue weighted by molar-refractivity contribution is 0.794. The second-order valence-corrected chi connectivity index (χ2v) is 17.3. The zero-order valence-electron chi connectivity index (χ0n) is 74.1. The van der Waals surface area contributed by atoms with Crippen LogP contribution in [0.1, 0.15) is 95.2 Å². The fraction of sp³-hybridized carbons (Fsp3) is 0.0278. The summed E-state index contributed by atoms with van der Waals surface area (Å²) in [6.45, 7) is 0. The molecule has 12 aromatic carbocycles. The van der Waals surface area contributed by atoms with Crippen molar-refractivity contribution in [2.75, 3.05) is 4.90 Å². The summed E-state index contributed by atoms with van der Waals surface area (Å²) in [6, 6.07) is -24.7. The van der Waals surface area contributed by atoms with Crippen molar-refractivity contribution in [3.05, 3.63) is 317 Å². The van der Waals surface area contributed by atoms with Crippen LogP contribution >= 0.6 is 0 Å². The van der Waals surface area contributed by atoms with Gasteiger partial charge in [-0.25, -0.2) is 0 Å². The molecule has 0 N–H and O–H groups in total. The van der Waals surface area contributed by atoms with Crippen LogP contribution in [0.3, 0.4) is 0 Å². The van der Waals surface area contributed by atoms with Gasteiger partial charge < -0.3 is 4.90 Å². The summed E-state index contributed by atoms with van der Waals surface area (Å²) >= 11 is 0. The topological polar surface area (TPSA) is 3.24 Å². The number of nitrogens with zero attached hydrogens (tertiary/aromatic N) is 1. The van der Waals surface area contributed by atoms with E-state index in [1.165, 1.54) is 0 Å². The third-order valence-electron chi connectivity index (χ3n) is 14.1. The molecule has 1 atom stereocenters. The summed E-state index contributed by atoms with van der Waals surface area (Å²) < 4.78 is 353. The van der Waals surface area contributed by atoms with Gasteiger partial charge in [0.15, 0.2) is 0 Å². The van der Waals surface area contributed by atoms with E-state index in [0.717, 1.165) is 53.4 Å². The monoisotopic (exact) mass is 961 g/mol. The van der Waals surface area contributed by atoms with Crippen molar-refractivity contribution in [2.24, 2.45) is 0 Å². The first-order valence-corrected chi connectivity index (χ1v) is 22.6. The molecule has 2 spiro atoms. The van der Waals surface area contributed by atoms with Crippen LogP contribution in [-0.4, -0.2) is 0 Å². The van der Waals surface area contributed by atoms with E-state index in [0.29, 0.717) is 0 Å². The van der Waals surface area contributed by atoms with Gasteiger partial charge in [0.05, 0.1) is 67.2 Å². The van der Waals surface area contributed by atoms with E-state index in [9.17, 15) is 32.9 Å². The molecule has 1 unspecified atom stereocenters. The van der Waals surface area contributed by atoms with Crippen molar-refractivity contribution >= 4 is 27.8 Å². The van der Waals surface area contributed by atoms with Gasteiger partial charge in [0, 0.05) is 16.9 Å². The summed E-state index contributed by atoms with van der Waals surface area (Å²) in [5.74, 6) is 0. The van der Waals surface area contributed by atoms with Crippen molar-refractivity contribution in [2.45, 2.75) is 10.8 Å². The van der Waals surface area contributed by atoms with Gasteiger partial charge in [-0.3, -0.25) is 0 Å². The number of anilines is 3. The van der Waals surface area contributed by atoms with Crippen molar-refractivity contribution in [3.63, 3.8) is 0 Å². The maximum Gasteiger partial charge on any atom is 0.0726 e. The molecule has 0 aromatic heterocycles. The van der Waals surface area contributed by atoms with Gasteiger partial charge in [0.1, 0.15) is 0 Å². The first-order valence-electron chi connectivity index (χ1n) is 41.1. The van der Waals surface area contributed by atoms with Gasteiger partial charge >= 0.3 is 0 Å². The Morgan fingerprint density at radius 3 is 1.52 bits per heavy atom. The standard InChI is InChI=1S/C72H45N/c1-2-20-49(21-3-1)73(68-36-18-35-66-70(68)59-28-11-17-34-65(59)71(66)60-29-12-6-23-53(60)54-24-7-13-30-61(54)71)50-41-37-47(38-42-50)52-43-39-46-19-4-5-22-51(46)69(52)48-40-44-58-57-27-10-16-33-64(57)72(67(58)45-48)62-31-14-8-25-55(62)56-26-9-15-32-63(56)72/h1-45H/i2D,4D,5D,6D,7D,8D,9D,10D,11D,12D,13D,14D,15D,16D,17D,18D,19D,21D,22D,23D,24D,25D,26D,27D,28D,29D,30D,31D,34D,35D,36D,37D,38D,40D,41D,44D,45D. The number of rotatable bonds is 5. The normalized spacial score (nSPS) is 22.4. The van der Waals surface area contributed by atoms with Gasteiger partial charge in [-0.05, 0) is 153 Å². The molecule has 0 radical (unpaired) electrons. The highest BCUT2D eigenvalue weighted by molar-refractivity contribution is 6.06. The highest BCUT2D eigenvalue weighted by Crippen LogP contribution is 2.66. The zero-order valence-corrected chi connectivity index (χ0v) is 37.1. The van der Waals surface area contributed by atoms with Gasteiger partial charge in [0.2, 0.25) is 0 Å². The second kappa shape index (κ2) is 15.1. The minimum atomic E-state index is -2.92. The minimum Gasteiger partial charge on any atom is -0.310 e. The molecule has 0 heterocycles. The van der Waals surface area contributed by atoms with Gasteiger partial charge in [-0.1, -0.05) is 236 Å². The third-order valence-corrected chi connectivity index (χ3v) is 14.1. The average Bonchev–Trinajstić information content (AvgIpc) is 1.49. The van der Waals surface area contributed by atoms with Gasteiger partial charge in [-0.2, -0.15) is 0 Å². The second-order valence-electron chi connectivity index (χ2n) is 17.3. The van der Waals surface area contributed by atoms with Crippen LogP contribution in [-0.2, 0) is 10.8 Å². The maximum atomic E-state index is 10.9. The lowest BCUT2D eigenvalue weighted by Gasteiger charge is -2.32. The van der Waals surface area contributed by atoms with Crippen molar-refractivity contribution in [3.8, 4) is 66.8 Å². The number of para-hydroxylation sites is 1. The molecular formula is C72H45N. The summed E-state index contributed by atoms with van der Waals surface area (Å²) in [5, 5.41) is -0.939. The first-order chi connectivity index (χ1) is 51.6. The van der Waals surface area contributed by atoms with Crippen LogP contribution in [0.25, 0.3) is 77.5 Å². The molecule has 0 aliphatic heterocycles. The Balaban J connectivity index is 1.06. The molecule has 0 amide bonds. The molecule has 4 aliphatic rings. The lowest BCUT2D eigenvalue weighted by Crippen LogP contribution is -2.26. The van der Waals surface area contributed by atoms with E-state index in [2.05, 4.69) is 0 Å². The Hall–Kier alpha value is -9.30. The first kappa shape index (κ1) is 18.7. The predicted molar refractivity (Wildman–Crippen MR) is 302 cm³/mol. The van der Waals surface area contributed by atoms with E-state index >= 15 is 0 Å². The molecule has 12 aromatic rings. The zero-order chi connectivity index (χ0) is 80.0.